The first-order chi connectivity index (χ1) is 6.33. The molecule has 1 fully saturated rings. The molecular formula is C10H21NOS. The van der Waals surface area contributed by atoms with Crippen molar-refractivity contribution in [3.63, 3.8) is 0 Å². The SMILES string of the molecule is CSCCC(N)CC1CCOCC1. The Balaban J connectivity index is 2.07. The van der Waals surface area contributed by atoms with Crippen molar-refractivity contribution < 1.29 is 4.74 Å². The van der Waals surface area contributed by atoms with E-state index in [-0.39, 0.29) is 0 Å². The average molecular weight is 203 g/mol. The molecular weight excluding hydrogens is 182 g/mol. The molecule has 1 aliphatic rings. The van der Waals surface area contributed by atoms with E-state index in [1.54, 1.807) is 0 Å². The summed E-state index contributed by atoms with van der Waals surface area (Å²) in [4.78, 5) is 0. The standard InChI is InChI=1S/C10H21NOS/c1-13-7-4-10(11)8-9-2-5-12-6-3-9/h9-10H,2-8,11H2,1H3. The molecule has 0 bridgehead atoms. The molecule has 2 N–H and O–H groups in total. The van der Waals surface area contributed by atoms with Crippen molar-refractivity contribution in [1.29, 1.82) is 0 Å². The van der Waals surface area contributed by atoms with Crippen LogP contribution in [0.3, 0.4) is 0 Å². The lowest BCUT2D eigenvalue weighted by molar-refractivity contribution is 0.0618. The largest absolute Gasteiger partial charge is 0.381 e. The topological polar surface area (TPSA) is 35.2 Å². The fourth-order valence-electron chi connectivity index (χ4n) is 1.80. The first kappa shape index (κ1) is 11.3. The van der Waals surface area contributed by atoms with Crippen LogP contribution in [0.1, 0.15) is 25.7 Å². The van der Waals surface area contributed by atoms with E-state index < -0.39 is 0 Å². The van der Waals surface area contributed by atoms with Crippen molar-refractivity contribution in [2.45, 2.75) is 31.7 Å². The van der Waals surface area contributed by atoms with E-state index in [9.17, 15) is 0 Å². The molecule has 2 nitrogen and oxygen atoms in total. The van der Waals surface area contributed by atoms with Crippen LogP contribution in [0.5, 0.6) is 0 Å². The maximum absolute atomic E-state index is 6.04. The Hall–Kier alpha value is 0.270. The Morgan fingerprint density at radius 3 is 2.77 bits per heavy atom. The predicted octanol–water partition coefficient (Wildman–Crippen LogP) is 1.88. The van der Waals surface area contributed by atoms with Crippen molar-refractivity contribution in [2.24, 2.45) is 11.7 Å². The summed E-state index contributed by atoms with van der Waals surface area (Å²) in [5, 5.41) is 0. The van der Waals surface area contributed by atoms with Crippen LogP contribution in [0.2, 0.25) is 0 Å². The molecule has 1 aliphatic heterocycles. The third-order valence-corrected chi connectivity index (χ3v) is 3.31. The summed E-state index contributed by atoms with van der Waals surface area (Å²) >= 11 is 1.89. The van der Waals surface area contributed by atoms with Gasteiger partial charge in [0.2, 0.25) is 0 Å². The summed E-state index contributed by atoms with van der Waals surface area (Å²) in [5.41, 5.74) is 6.04. The molecule has 3 heteroatoms. The van der Waals surface area contributed by atoms with Gasteiger partial charge >= 0.3 is 0 Å². The molecule has 1 saturated heterocycles. The van der Waals surface area contributed by atoms with Crippen LogP contribution in [0, 0.1) is 5.92 Å². The number of hydrogen-bond donors (Lipinski definition) is 1. The Kier molecular flexibility index (Phi) is 5.83. The molecule has 0 aliphatic carbocycles. The van der Waals surface area contributed by atoms with Gasteiger partial charge in [0.15, 0.2) is 0 Å². The van der Waals surface area contributed by atoms with E-state index in [1.165, 1.54) is 31.4 Å². The molecule has 1 heterocycles. The van der Waals surface area contributed by atoms with Gasteiger partial charge in [-0.1, -0.05) is 0 Å². The van der Waals surface area contributed by atoms with Crippen molar-refractivity contribution in [1.82, 2.24) is 0 Å². The number of nitrogens with two attached hydrogens (primary N) is 1. The van der Waals surface area contributed by atoms with Crippen molar-refractivity contribution in [3.05, 3.63) is 0 Å². The van der Waals surface area contributed by atoms with E-state index in [0.717, 1.165) is 19.1 Å². The zero-order valence-electron chi connectivity index (χ0n) is 8.50. The highest BCUT2D eigenvalue weighted by Crippen LogP contribution is 2.20. The van der Waals surface area contributed by atoms with Gasteiger partial charge in [-0.25, -0.2) is 0 Å². The van der Waals surface area contributed by atoms with Gasteiger partial charge in [-0.15, -0.1) is 0 Å². The minimum Gasteiger partial charge on any atom is -0.381 e. The second-order valence-electron chi connectivity index (χ2n) is 3.83. The van der Waals surface area contributed by atoms with Crippen LogP contribution in [-0.4, -0.2) is 31.3 Å². The number of hydrogen-bond acceptors (Lipinski definition) is 3. The zero-order valence-corrected chi connectivity index (χ0v) is 9.31. The summed E-state index contributed by atoms with van der Waals surface area (Å²) in [6.45, 7) is 1.89. The maximum Gasteiger partial charge on any atom is 0.0468 e. The Morgan fingerprint density at radius 1 is 1.46 bits per heavy atom. The molecule has 78 valence electrons. The minimum absolute atomic E-state index is 0.413. The van der Waals surface area contributed by atoms with E-state index in [0.29, 0.717) is 6.04 Å². The molecule has 13 heavy (non-hydrogen) atoms. The van der Waals surface area contributed by atoms with E-state index in [4.69, 9.17) is 10.5 Å². The molecule has 0 aromatic heterocycles. The third kappa shape index (κ3) is 4.89. The second-order valence-corrected chi connectivity index (χ2v) is 4.82. The monoisotopic (exact) mass is 203 g/mol. The highest BCUT2D eigenvalue weighted by atomic mass is 32.2. The maximum atomic E-state index is 6.04. The van der Waals surface area contributed by atoms with Crippen LogP contribution in [0.15, 0.2) is 0 Å². The van der Waals surface area contributed by atoms with Crippen LogP contribution in [0.4, 0.5) is 0 Å². The fraction of sp³-hybridized carbons (Fsp3) is 1.00. The fourth-order valence-corrected chi connectivity index (χ4v) is 2.34. The van der Waals surface area contributed by atoms with Crippen molar-refractivity contribution >= 4 is 11.8 Å². The first-order valence-electron chi connectivity index (χ1n) is 5.15. The van der Waals surface area contributed by atoms with Gasteiger partial charge in [-0.05, 0) is 43.6 Å². The van der Waals surface area contributed by atoms with Gasteiger partial charge in [0.25, 0.3) is 0 Å². The normalized spacial score (nSPS) is 21.7. The van der Waals surface area contributed by atoms with Crippen molar-refractivity contribution in [2.75, 3.05) is 25.2 Å². The summed E-state index contributed by atoms with van der Waals surface area (Å²) in [7, 11) is 0. The van der Waals surface area contributed by atoms with Crippen LogP contribution < -0.4 is 5.73 Å². The number of thioether (sulfide) groups is 1. The van der Waals surface area contributed by atoms with Gasteiger partial charge in [0, 0.05) is 19.3 Å². The van der Waals surface area contributed by atoms with Gasteiger partial charge < -0.3 is 10.5 Å². The molecule has 0 saturated carbocycles. The zero-order chi connectivity index (χ0) is 9.52. The van der Waals surface area contributed by atoms with Crippen LogP contribution in [-0.2, 0) is 4.74 Å². The number of rotatable bonds is 5. The summed E-state index contributed by atoms with van der Waals surface area (Å²) in [6, 6.07) is 0.413. The average Bonchev–Trinajstić information content (AvgIpc) is 2.16. The Bertz CT molecular complexity index is 126. The first-order valence-corrected chi connectivity index (χ1v) is 6.54. The molecule has 0 aromatic rings. The van der Waals surface area contributed by atoms with Crippen LogP contribution >= 0.6 is 11.8 Å². The molecule has 0 spiro atoms. The van der Waals surface area contributed by atoms with E-state index in [2.05, 4.69) is 6.26 Å². The molecule has 0 amide bonds. The minimum atomic E-state index is 0.413. The lowest BCUT2D eigenvalue weighted by Gasteiger charge is -2.24. The van der Waals surface area contributed by atoms with Crippen LogP contribution in [0.25, 0.3) is 0 Å². The lowest BCUT2D eigenvalue weighted by atomic mass is 9.92. The molecule has 1 rings (SSSR count). The predicted molar refractivity (Wildman–Crippen MR) is 59.1 cm³/mol. The number of ether oxygens (including phenoxy) is 1. The molecule has 1 atom stereocenters. The Morgan fingerprint density at radius 2 is 2.15 bits per heavy atom. The van der Waals surface area contributed by atoms with Gasteiger partial charge in [-0.2, -0.15) is 11.8 Å². The van der Waals surface area contributed by atoms with E-state index in [1.807, 2.05) is 11.8 Å². The molecule has 0 aromatic carbocycles. The van der Waals surface area contributed by atoms with Gasteiger partial charge in [-0.3, -0.25) is 0 Å². The van der Waals surface area contributed by atoms with Gasteiger partial charge in [0.05, 0.1) is 0 Å². The summed E-state index contributed by atoms with van der Waals surface area (Å²) < 4.78 is 5.32. The van der Waals surface area contributed by atoms with Crippen molar-refractivity contribution in [3.8, 4) is 0 Å². The van der Waals surface area contributed by atoms with E-state index >= 15 is 0 Å². The third-order valence-electron chi connectivity index (χ3n) is 2.67. The smallest absolute Gasteiger partial charge is 0.0468 e. The highest BCUT2D eigenvalue weighted by molar-refractivity contribution is 7.98. The molecule has 1 unspecified atom stereocenters. The quantitative estimate of drug-likeness (QED) is 0.741. The van der Waals surface area contributed by atoms with Gasteiger partial charge in [0.1, 0.15) is 0 Å². The molecule has 0 radical (unpaired) electrons. The highest BCUT2D eigenvalue weighted by Gasteiger charge is 2.16. The summed E-state index contributed by atoms with van der Waals surface area (Å²) in [6.07, 6.45) is 6.93. The lowest BCUT2D eigenvalue weighted by Crippen LogP contribution is -2.27. The second kappa shape index (κ2) is 6.68. The summed E-state index contributed by atoms with van der Waals surface area (Å²) in [5.74, 6) is 2.02. The Labute approximate surface area is 85.6 Å².